The Kier molecular flexibility index (Phi) is 4.28. The van der Waals surface area contributed by atoms with Gasteiger partial charge in [0, 0.05) is 45.0 Å². The molecule has 1 atom stereocenters. The number of hydrogen-bond donors (Lipinski definition) is 2. The number of carbonyl (C=O) groups excluding carboxylic acids is 2. The van der Waals surface area contributed by atoms with Crippen molar-refractivity contribution < 1.29 is 14.3 Å². The van der Waals surface area contributed by atoms with Crippen LogP contribution in [-0.4, -0.2) is 54.9 Å². The molecule has 1 aromatic carbocycles. The lowest BCUT2D eigenvalue weighted by molar-refractivity contribution is -0.134. The molecule has 2 aliphatic heterocycles. The van der Waals surface area contributed by atoms with Gasteiger partial charge in [0.05, 0.1) is 24.2 Å². The third kappa shape index (κ3) is 2.70. The monoisotopic (exact) mass is 357 g/mol. The Hall–Kier alpha value is -2.61. The van der Waals surface area contributed by atoms with Gasteiger partial charge in [-0.3, -0.25) is 19.6 Å². The van der Waals surface area contributed by atoms with Crippen molar-refractivity contribution in [3.63, 3.8) is 0 Å². The van der Waals surface area contributed by atoms with E-state index in [9.17, 15) is 9.59 Å². The predicted octanol–water partition coefficient (Wildman–Crippen LogP) is 0.512. The van der Waals surface area contributed by atoms with E-state index in [4.69, 9.17) is 4.74 Å². The highest BCUT2D eigenvalue weighted by molar-refractivity contribution is 6.04. The SMILES string of the molecule is COc1ccc2c(C3CCC(=O)NC3=O)nn(C)c2c1N1CCNCC1. The van der Waals surface area contributed by atoms with Crippen molar-refractivity contribution in [2.45, 2.75) is 18.8 Å². The normalized spacial score (nSPS) is 21.2. The number of piperazine rings is 1. The van der Waals surface area contributed by atoms with Gasteiger partial charge in [-0.05, 0) is 18.6 Å². The molecule has 8 nitrogen and oxygen atoms in total. The maximum absolute atomic E-state index is 12.3. The van der Waals surface area contributed by atoms with Gasteiger partial charge >= 0.3 is 0 Å². The Labute approximate surface area is 151 Å². The quantitative estimate of drug-likeness (QED) is 0.779. The average Bonchev–Trinajstić information content (AvgIpc) is 2.98. The molecule has 8 heteroatoms. The summed E-state index contributed by atoms with van der Waals surface area (Å²) in [6.45, 7) is 3.59. The first kappa shape index (κ1) is 16.8. The first-order valence-corrected chi connectivity index (χ1v) is 8.93. The summed E-state index contributed by atoms with van der Waals surface area (Å²) in [7, 11) is 3.56. The van der Waals surface area contributed by atoms with Crippen LogP contribution in [-0.2, 0) is 16.6 Å². The summed E-state index contributed by atoms with van der Waals surface area (Å²) in [6, 6.07) is 3.91. The van der Waals surface area contributed by atoms with Gasteiger partial charge in [-0.2, -0.15) is 5.10 Å². The summed E-state index contributed by atoms with van der Waals surface area (Å²) in [6.07, 6.45) is 0.834. The molecule has 4 rings (SSSR count). The van der Waals surface area contributed by atoms with E-state index in [2.05, 4.69) is 20.6 Å². The molecule has 0 bridgehead atoms. The van der Waals surface area contributed by atoms with E-state index in [0.29, 0.717) is 12.8 Å². The Balaban J connectivity index is 1.85. The number of ether oxygens (including phenoxy) is 1. The number of amides is 2. The summed E-state index contributed by atoms with van der Waals surface area (Å²) < 4.78 is 7.45. The second-order valence-corrected chi connectivity index (χ2v) is 6.76. The van der Waals surface area contributed by atoms with Crippen molar-refractivity contribution in [2.75, 3.05) is 38.2 Å². The number of hydrogen-bond acceptors (Lipinski definition) is 6. The van der Waals surface area contributed by atoms with Crippen molar-refractivity contribution in [2.24, 2.45) is 7.05 Å². The highest BCUT2D eigenvalue weighted by Gasteiger charge is 2.33. The minimum Gasteiger partial charge on any atom is -0.494 e. The Bertz CT molecular complexity index is 869. The zero-order valence-electron chi connectivity index (χ0n) is 15.0. The summed E-state index contributed by atoms with van der Waals surface area (Å²) in [4.78, 5) is 26.1. The minimum atomic E-state index is -0.402. The maximum atomic E-state index is 12.3. The van der Waals surface area contributed by atoms with E-state index >= 15 is 0 Å². The van der Waals surface area contributed by atoms with Gasteiger partial charge in [-0.1, -0.05) is 0 Å². The Morgan fingerprint density at radius 1 is 1.23 bits per heavy atom. The largest absolute Gasteiger partial charge is 0.494 e. The number of nitrogens with zero attached hydrogens (tertiary/aromatic N) is 3. The minimum absolute atomic E-state index is 0.213. The molecule has 2 saturated heterocycles. The van der Waals surface area contributed by atoms with Crippen molar-refractivity contribution in [1.29, 1.82) is 0 Å². The standard InChI is InChI=1S/C18H23N5O3/c1-22-16-11(15(21-22)12-4-6-14(24)20-18(12)25)3-5-13(26-2)17(16)23-9-7-19-8-10-23/h3,5,12,19H,4,6-10H2,1-2H3,(H,20,24,25). The zero-order chi connectivity index (χ0) is 18.3. The van der Waals surface area contributed by atoms with Gasteiger partial charge in [0.2, 0.25) is 11.8 Å². The van der Waals surface area contributed by atoms with Crippen molar-refractivity contribution in [3.8, 4) is 5.75 Å². The van der Waals surface area contributed by atoms with E-state index in [1.54, 1.807) is 7.11 Å². The lowest BCUT2D eigenvalue weighted by Gasteiger charge is -2.31. The number of rotatable bonds is 3. The fourth-order valence-electron chi connectivity index (χ4n) is 3.93. The van der Waals surface area contributed by atoms with Crippen LogP contribution in [0.5, 0.6) is 5.75 Å². The Morgan fingerprint density at radius 2 is 2.00 bits per heavy atom. The Morgan fingerprint density at radius 3 is 2.69 bits per heavy atom. The van der Waals surface area contributed by atoms with Crippen LogP contribution in [0.4, 0.5) is 5.69 Å². The number of aryl methyl sites for hydroxylation is 1. The van der Waals surface area contributed by atoms with Crippen molar-refractivity contribution >= 4 is 28.4 Å². The number of carbonyl (C=O) groups is 2. The van der Waals surface area contributed by atoms with Gasteiger partial charge in [-0.25, -0.2) is 0 Å². The fourth-order valence-corrected chi connectivity index (χ4v) is 3.93. The highest BCUT2D eigenvalue weighted by atomic mass is 16.5. The third-order valence-corrected chi connectivity index (χ3v) is 5.19. The number of piperidine rings is 1. The second-order valence-electron chi connectivity index (χ2n) is 6.76. The van der Waals surface area contributed by atoms with Crippen LogP contribution in [0.2, 0.25) is 0 Å². The predicted molar refractivity (Wildman–Crippen MR) is 97.5 cm³/mol. The molecule has 1 aromatic heterocycles. The number of anilines is 1. The van der Waals surface area contributed by atoms with Gasteiger partial charge < -0.3 is 15.0 Å². The van der Waals surface area contributed by atoms with Crippen LogP contribution in [0.3, 0.4) is 0 Å². The van der Waals surface area contributed by atoms with E-state index < -0.39 is 5.92 Å². The molecule has 2 fully saturated rings. The van der Waals surface area contributed by atoms with Crippen LogP contribution >= 0.6 is 0 Å². The number of aromatic nitrogens is 2. The topological polar surface area (TPSA) is 88.5 Å². The second kappa shape index (κ2) is 6.60. The molecule has 2 aliphatic rings. The first-order chi connectivity index (χ1) is 12.6. The van der Waals surface area contributed by atoms with Gasteiger partial charge in [0.15, 0.2) is 0 Å². The lowest BCUT2D eigenvalue weighted by Crippen LogP contribution is -2.43. The van der Waals surface area contributed by atoms with Gasteiger partial charge in [0.25, 0.3) is 0 Å². The van der Waals surface area contributed by atoms with Crippen molar-refractivity contribution in [1.82, 2.24) is 20.4 Å². The molecule has 2 amide bonds. The molecule has 26 heavy (non-hydrogen) atoms. The molecule has 138 valence electrons. The number of methoxy groups -OCH3 is 1. The summed E-state index contributed by atoms with van der Waals surface area (Å²) in [5, 5.41) is 11.4. The van der Waals surface area contributed by atoms with E-state index in [1.165, 1.54) is 0 Å². The molecule has 2 aromatic rings. The van der Waals surface area contributed by atoms with Crippen LogP contribution in [0.15, 0.2) is 12.1 Å². The number of benzene rings is 1. The average molecular weight is 357 g/mol. The third-order valence-electron chi connectivity index (χ3n) is 5.19. The molecule has 2 N–H and O–H groups in total. The van der Waals surface area contributed by atoms with E-state index in [-0.39, 0.29) is 11.8 Å². The maximum Gasteiger partial charge on any atom is 0.235 e. The van der Waals surface area contributed by atoms with Crippen LogP contribution in [0.1, 0.15) is 24.5 Å². The molecule has 0 aliphatic carbocycles. The molecule has 0 saturated carbocycles. The molecule has 3 heterocycles. The van der Waals surface area contributed by atoms with E-state index in [1.807, 2.05) is 23.9 Å². The molecule has 0 radical (unpaired) electrons. The summed E-state index contributed by atoms with van der Waals surface area (Å²) >= 11 is 0. The molecule has 1 unspecified atom stereocenters. The molecular weight excluding hydrogens is 334 g/mol. The first-order valence-electron chi connectivity index (χ1n) is 8.93. The lowest BCUT2D eigenvalue weighted by atomic mass is 9.92. The zero-order valence-corrected chi connectivity index (χ0v) is 15.0. The van der Waals surface area contributed by atoms with E-state index in [0.717, 1.165) is 54.2 Å². The molecular formula is C18H23N5O3. The molecule has 0 spiro atoms. The summed E-state index contributed by atoms with van der Waals surface area (Å²) in [5.41, 5.74) is 2.71. The number of imide groups is 1. The van der Waals surface area contributed by atoms with Crippen molar-refractivity contribution in [3.05, 3.63) is 17.8 Å². The number of fused-ring (bicyclic) bond motifs is 1. The highest BCUT2D eigenvalue weighted by Crippen LogP contribution is 2.40. The fraction of sp³-hybridized carbons (Fsp3) is 0.500. The smallest absolute Gasteiger partial charge is 0.235 e. The van der Waals surface area contributed by atoms with Crippen LogP contribution in [0.25, 0.3) is 10.9 Å². The van der Waals surface area contributed by atoms with Gasteiger partial charge in [0.1, 0.15) is 11.4 Å². The summed E-state index contributed by atoms with van der Waals surface area (Å²) in [5.74, 6) is -0.0756. The van der Waals surface area contributed by atoms with Crippen LogP contribution < -0.4 is 20.3 Å². The number of nitrogens with one attached hydrogen (secondary N) is 2. The van der Waals surface area contributed by atoms with Crippen LogP contribution in [0, 0.1) is 0 Å². The van der Waals surface area contributed by atoms with Gasteiger partial charge in [-0.15, -0.1) is 0 Å².